The van der Waals surface area contributed by atoms with E-state index in [2.05, 4.69) is 5.32 Å². The van der Waals surface area contributed by atoms with Crippen LogP contribution in [0.4, 0.5) is 20.2 Å². The van der Waals surface area contributed by atoms with Crippen LogP contribution in [0, 0.1) is 11.6 Å². The summed E-state index contributed by atoms with van der Waals surface area (Å²) in [5.41, 5.74) is 6.00. The van der Waals surface area contributed by atoms with E-state index in [-0.39, 0.29) is 11.4 Å². The van der Waals surface area contributed by atoms with Crippen molar-refractivity contribution in [2.45, 2.75) is 0 Å². The number of anilines is 2. The highest BCUT2D eigenvalue weighted by Gasteiger charge is 2.17. The van der Waals surface area contributed by atoms with Gasteiger partial charge in [0, 0.05) is 31.9 Å². The van der Waals surface area contributed by atoms with Crippen LogP contribution in [0.2, 0.25) is 0 Å². The second-order valence-corrected chi connectivity index (χ2v) is 3.57. The minimum absolute atomic E-state index is 0.252. The lowest BCUT2D eigenvalue weighted by Gasteiger charge is -2.29. The van der Waals surface area contributed by atoms with E-state index in [0.717, 1.165) is 19.2 Å². The van der Waals surface area contributed by atoms with Crippen LogP contribution in [-0.2, 0) is 0 Å². The molecule has 1 fully saturated rings. The summed E-state index contributed by atoms with van der Waals surface area (Å²) in [4.78, 5) is 1.80. The number of hydrogen-bond acceptors (Lipinski definition) is 3. The van der Waals surface area contributed by atoms with E-state index in [1.165, 1.54) is 6.07 Å². The van der Waals surface area contributed by atoms with Gasteiger partial charge < -0.3 is 16.0 Å². The molecule has 0 atom stereocenters. The van der Waals surface area contributed by atoms with Gasteiger partial charge in [0.25, 0.3) is 0 Å². The standard InChI is InChI=1S/C10H13F2N3/c11-8-5-7(13)6-9(10(8)12)15-3-1-14-2-4-15/h5-6,14H,1-4,13H2. The van der Waals surface area contributed by atoms with E-state index in [4.69, 9.17) is 5.73 Å². The van der Waals surface area contributed by atoms with Gasteiger partial charge in [-0.1, -0.05) is 0 Å². The van der Waals surface area contributed by atoms with Crippen LogP contribution in [0.5, 0.6) is 0 Å². The molecule has 3 nitrogen and oxygen atoms in total. The van der Waals surface area contributed by atoms with Gasteiger partial charge in [0.05, 0.1) is 5.69 Å². The normalized spacial score (nSPS) is 16.8. The molecular weight excluding hydrogens is 200 g/mol. The van der Waals surface area contributed by atoms with E-state index < -0.39 is 11.6 Å². The number of nitrogens with zero attached hydrogens (tertiary/aromatic N) is 1. The van der Waals surface area contributed by atoms with Crippen molar-refractivity contribution in [1.82, 2.24) is 5.32 Å². The van der Waals surface area contributed by atoms with Crippen molar-refractivity contribution >= 4 is 11.4 Å². The van der Waals surface area contributed by atoms with Gasteiger partial charge in [-0.25, -0.2) is 8.78 Å². The quantitative estimate of drug-likeness (QED) is 0.683. The molecule has 0 aliphatic carbocycles. The van der Waals surface area contributed by atoms with Gasteiger partial charge in [-0.05, 0) is 12.1 Å². The molecule has 1 aliphatic heterocycles. The molecule has 3 N–H and O–H groups in total. The van der Waals surface area contributed by atoms with Crippen LogP contribution < -0.4 is 16.0 Å². The van der Waals surface area contributed by atoms with E-state index >= 15 is 0 Å². The number of nitrogens with one attached hydrogen (secondary N) is 1. The van der Waals surface area contributed by atoms with E-state index in [1.807, 2.05) is 0 Å². The van der Waals surface area contributed by atoms with Crippen molar-refractivity contribution in [3.05, 3.63) is 23.8 Å². The van der Waals surface area contributed by atoms with Crippen LogP contribution in [0.1, 0.15) is 0 Å². The van der Waals surface area contributed by atoms with Crippen molar-refractivity contribution in [1.29, 1.82) is 0 Å². The predicted octanol–water partition coefficient (Wildman–Crippen LogP) is 0.957. The molecule has 1 aromatic carbocycles. The summed E-state index contributed by atoms with van der Waals surface area (Å²) >= 11 is 0. The molecular formula is C10H13F2N3. The summed E-state index contributed by atoms with van der Waals surface area (Å²) in [6, 6.07) is 2.48. The minimum atomic E-state index is -0.886. The Morgan fingerprint density at radius 1 is 1.20 bits per heavy atom. The molecule has 1 aliphatic rings. The summed E-state index contributed by atoms with van der Waals surface area (Å²) in [5.74, 6) is -1.70. The molecule has 0 spiro atoms. The zero-order chi connectivity index (χ0) is 10.8. The Kier molecular flexibility index (Phi) is 2.73. The Labute approximate surface area is 86.9 Å². The van der Waals surface area contributed by atoms with Gasteiger partial charge >= 0.3 is 0 Å². The highest BCUT2D eigenvalue weighted by Crippen LogP contribution is 2.25. The Morgan fingerprint density at radius 2 is 1.87 bits per heavy atom. The molecule has 0 unspecified atom stereocenters. The molecule has 0 saturated carbocycles. The number of benzene rings is 1. The first-order chi connectivity index (χ1) is 7.18. The first kappa shape index (κ1) is 10.2. The fourth-order valence-electron chi connectivity index (χ4n) is 1.73. The van der Waals surface area contributed by atoms with Gasteiger partial charge in [-0.2, -0.15) is 0 Å². The summed E-state index contributed by atoms with van der Waals surface area (Å²) in [6.45, 7) is 2.88. The lowest BCUT2D eigenvalue weighted by molar-refractivity contribution is 0.500. The van der Waals surface area contributed by atoms with Gasteiger partial charge in [0.15, 0.2) is 11.6 Å². The van der Waals surface area contributed by atoms with E-state index in [0.29, 0.717) is 13.1 Å². The third-order valence-electron chi connectivity index (χ3n) is 2.49. The Balaban J connectivity index is 2.33. The fourth-order valence-corrected chi connectivity index (χ4v) is 1.73. The van der Waals surface area contributed by atoms with Gasteiger partial charge in [-0.15, -0.1) is 0 Å². The average molecular weight is 213 g/mol. The highest BCUT2D eigenvalue weighted by atomic mass is 19.2. The van der Waals surface area contributed by atoms with Crippen molar-refractivity contribution in [2.24, 2.45) is 0 Å². The summed E-state index contributed by atoms with van der Waals surface area (Å²) < 4.78 is 26.6. The maximum atomic E-state index is 13.5. The molecule has 82 valence electrons. The Bertz CT molecular complexity index is 362. The number of hydrogen-bond donors (Lipinski definition) is 2. The monoisotopic (exact) mass is 213 g/mol. The molecule has 2 rings (SSSR count). The molecule has 1 aromatic rings. The van der Waals surface area contributed by atoms with E-state index in [1.54, 1.807) is 4.90 Å². The lowest BCUT2D eigenvalue weighted by atomic mass is 10.2. The van der Waals surface area contributed by atoms with E-state index in [9.17, 15) is 8.78 Å². The van der Waals surface area contributed by atoms with Crippen LogP contribution in [0.3, 0.4) is 0 Å². The molecule has 15 heavy (non-hydrogen) atoms. The third-order valence-corrected chi connectivity index (χ3v) is 2.49. The van der Waals surface area contributed by atoms with Gasteiger partial charge in [0.1, 0.15) is 0 Å². The molecule has 0 aromatic heterocycles. The zero-order valence-electron chi connectivity index (χ0n) is 8.26. The molecule has 0 amide bonds. The average Bonchev–Trinajstić information content (AvgIpc) is 2.24. The van der Waals surface area contributed by atoms with Crippen LogP contribution in [0.15, 0.2) is 12.1 Å². The Hall–Kier alpha value is -1.36. The lowest BCUT2D eigenvalue weighted by Crippen LogP contribution is -2.44. The van der Waals surface area contributed by atoms with Gasteiger partial charge in [-0.3, -0.25) is 0 Å². The molecule has 0 bridgehead atoms. The van der Waals surface area contributed by atoms with Crippen LogP contribution in [-0.4, -0.2) is 26.2 Å². The maximum Gasteiger partial charge on any atom is 0.182 e. The largest absolute Gasteiger partial charge is 0.399 e. The number of rotatable bonds is 1. The first-order valence-corrected chi connectivity index (χ1v) is 4.88. The van der Waals surface area contributed by atoms with Crippen LogP contribution >= 0.6 is 0 Å². The van der Waals surface area contributed by atoms with Gasteiger partial charge in [0.2, 0.25) is 0 Å². The topological polar surface area (TPSA) is 41.3 Å². The summed E-state index contributed by atoms with van der Waals surface area (Å²) in [7, 11) is 0. The minimum Gasteiger partial charge on any atom is -0.399 e. The predicted molar refractivity (Wildman–Crippen MR) is 55.9 cm³/mol. The number of piperazine rings is 1. The number of nitrogens with two attached hydrogens (primary N) is 1. The molecule has 1 saturated heterocycles. The summed E-state index contributed by atoms with van der Waals surface area (Å²) in [6.07, 6.45) is 0. The zero-order valence-corrected chi connectivity index (χ0v) is 8.26. The number of halogens is 2. The Morgan fingerprint density at radius 3 is 2.53 bits per heavy atom. The third kappa shape index (κ3) is 2.02. The first-order valence-electron chi connectivity index (χ1n) is 4.88. The second kappa shape index (κ2) is 4.02. The fraction of sp³-hybridized carbons (Fsp3) is 0.400. The maximum absolute atomic E-state index is 13.5. The van der Waals surface area contributed by atoms with Crippen molar-refractivity contribution in [3.8, 4) is 0 Å². The summed E-state index contributed by atoms with van der Waals surface area (Å²) in [5, 5.41) is 3.14. The van der Waals surface area contributed by atoms with Crippen molar-refractivity contribution < 1.29 is 8.78 Å². The highest BCUT2D eigenvalue weighted by molar-refractivity contribution is 5.57. The number of nitrogen functional groups attached to an aromatic ring is 1. The molecule has 0 radical (unpaired) electrons. The SMILES string of the molecule is Nc1cc(F)c(F)c(N2CCNCC2)c1. The van der Waals surface area contributed by atoms with Crippen LogP contribution in [0.25, 0.3) is 0 Å². The molecule has 5 heteroatoms. The van der Waals surface area contributed by atoms with Crippen molar-refractivity contribution in [3.63, 3.8) is 0 Å². The smallest absolute Gasteiger partial charge is 0.182 e. The second-order valence-electron chi connectivity index (χ2n) is 3.57. The van der Waals surface area contributed by atoms with Crippen molar-refractivity contribution in [2.75, 3.05) is 36.8 Å². The molecule has 1 heterocycles.